The van der Waals surface area contributed by atoms with Crippen LogP contribution < -0.4 is 10.5 Å². The molecular weight excluding hydrogens is 390 g/mol. The van der Waals surface area contributed by atoms with Crippen molar-refractivity contribution in [1.29, 1.82) is 0 Å². The maximum atomic E-state index is 14.3. The van der Waals surface area contributed by atoms with Gasteiger partial charge in [-0.15, -0.1) is 0 Å². The van der Waals surface area contributed by atoms with E-state index in [1.807, 2.05) is 11.0 Å². The number of anilines is 1. The standard InChI is InChI=1S/C22H20F2N4O2/c1-27-20(29)11-18(15-6-7-25-12-17(15)24)26-22(27)28-8-9-30-21-16-10-14(23)4-2-13(16)3-5-19(21)28/h2,4,6-7,10-12,19,21H,3,5,8-9H2,1H3/t19-,21-/m0/s1. The lowest BCUT2D eigenvalue weighted by Gasteiger charge is -2.45. The minimum atomic E-state index is -0.536. The summed E-state index contributed by atoms with van der Waals surface area (Å²) >= 11 is 0. The van der Waals surface area contributed by atoms with E-state index in [0.717, 1.165) is 30.2 Å². The predicted molar refractivity (Wildman–Crippen MR) is 107 cm³/mol. The number of hydrogen-bond donors (Lipinski definition) is 0. The molecule has 0 saturated carbocycles. The summed E-state index contributed by atoms with van der Waals surface area (Å²) in [4.78, 5) is 23.1. The highest BCUT2D eigenvalue weighted by Crippen LogP contribution is 2.39. The molecule has 5 rings (SSSR count). The fraction of sp³-hybridized carbons (Fsp3) is 0.318. The highest BCUT2D eigenvalue weighted by atomic mass is 19.1. The SMILES string of the molecule is Cn1c(N2CCO[C@H]3c4cc(F)ccc4CC[C@@H]32)nc(-c2ccncc2F)cc1=O. The zero-order valence-electron chi connectivity index (χ0n) is 16.4. The molecule has 0 radical (unpaired) electrons. The number of hydrogen-bond acceptors (Lipinski definition) is 5. The molecule has 0 N–H and O–H groups in total. The van der Waals surface area contributed by atoms with E-state index in [2.05, 4.69) is 9.97 Å². The number of halogens is 2. The van der Waals surface area contributed by atoms with Gasteiger partial charge in [0.1, 0.15) is 11.9 Å². The first-order valence-electron chi connectivity index (χ1n) is 9.87. The predicted octanol–water partition coefficient (Wildman–Crippen LogP) is 3.01. The molecular formula is C22H20F2N4O2. The second-order valence-electron chi connectivity index (χ2n) is 7.63. The Morgan fingerprint density at radius 1 is 1.20 bits per heavy atom. The second-order valence-corrected chi connectivity index (χ2v) is 7.63. The van der Waals surface area contributed by atoms with E-state index in [9.17, 15) is 13.6 Å². The zero-order valence-corrected chi connectivity index (χ0v) is 16.4. The van der Waals surface area contributed by atoms with Crippen molar-refractivity contribution in [3.8, 4) is 11.3 Å². The topological polar surface area (TPSA) is 60.2 Å². The third-order valence-electron chi connectivity index (χ3n) is 5.92. The smallest absolute Gasteiger partial charge is 0.255 e. The van der Waals surface area contributed by atoms with Crippen LogP contribution in [0.15, 0.2) is 47.5 Å². The first kappa shape index (κ1) is 18.9. The number of fused-ring (bicyclic) bond motifs is 3. The summed E-state index contributed by atoms with van der Waals surface area (Å²) in [5, 5.41) is 0. The van der Waals surface area contributed by atoms with Crippen LogP contribution in [0.3, 0.4) is 0 Å². The number of ether oxygens (including phenoxy) is 1. The van der Waals surface area contributed by atoms with Gasteiger partial charge < -0.3 is 9.64 Å². The summed E-state index contributed by atoms with van der Waals surface area (Å²) in [5.41, 5.74) is 2.13. The summed E-state index contributed by atoms with van der Waals surface area (Å²) in [6.07, 6.45) is 3.83. The Balaban J connectivity index is 1.59. The van der Waals surface area contributed by atoms with Crippen molar-refractivity contribution in [2.45, 2.75) is 25.0 Å². The number of nitrogens with zero attached hydrogens (tertiary/aromatic N) is 4. The van der Waals surface area contributed by atoms with E-state index in [1.165, 1.54) is 35.0 Å². The van der Waals surface area contributed by atoms with Crippen LogP contribution in [0.5, 0.6) is 0 Å². The van der Waals surface area contributed by atoms with Gasteiger partial charge in [-0.25, -0.2) is 13.8 Å². The largest absolute Gasteiger partial charge is 0.370 e. The van der Waals surface area contributed by atoms with Gasteiger partial charge in [0.2, 0.25) is 5.95 Å². The molecule has 1 aliphatic carbocycles. The molecule has 2 atom stereocenters. The Morgan fingerprint density at radius 3 is 2.90 bits per heavy atom. The van der Waals surface area contributed by atoms with E-state index in [4.69, 9.17) is 4.74 Å². The van der Waals surface area contributed by atoms with Crippen LogP contribution in [0.25, 0.3) is 11.3 Å². The quantitative estimate of drug-likeness (QED) is 0.650. The fourth-order valence-corrected chi connectivity index (χ4v) is 4.44. The van der Waals surface area contributed by atoms with Crippen molar-refractivity contribution in [3.63, 3.8) is 0 Å². The van der Waals surface area contributed by atoms with Crippen molar-refractivity contribution >= 4 is 5.95 Å². The van der Waals surface area contributed by atoms with Crippen LogP contribution in [-0.4, -0.2) is 33.7 Å². The summed E-state index contributed by atoms with van der Waals surface area (Å²) < 4.78 is 35.7. The molecule has 0 spiro atoms. The lowest BCUT2D eigenvalue weighted by molar-refractivity contribution is 0.00157. The molecule has 154 valence electrons. The van der Waals surface area contributed by atoms with Crippen molar-refractivity contribution in [2.75, 3.05) is 18.1 Å². The van der Waals surface area contributed by atoms with E-state index in [1.54, 1.807) is 7.05 Å². The fourth-order valence-electron chi connectivity index (χ4n) is 4.44. The molecule has 8 heteroatoms. The molecule has 1 fully saturated rings. The summed E-state index contributed by atoms with van der Waals surface area (Å²) in [7, 11) is 1.65. The van der Waals surface area contributed by atoms with Crippen LogP contribution in [0, 0.1) is 11.6 Å². The summed E-state index contributed by atoms with van der Waals surface area (Å²) in [6.45, 7) is 0.954. The molecule has 3 aromatic rings. The molecule has 2 aliphatic rings. The first-order chi connectivity index (χ1) is 14.5. The summed E-state index contributed by atoms with van der Waals surface area (Å²) in [6, 6.07) is 7.55. The van der Waals surface area contributed by atoms with Gasteiger partial charge in [-0.1, -0.05) is 6.07 Å². The van der Waals surface area contributed by atoms with Crippen molar-refractivity contribution in [3.05, 3.63) is 75.8 Å². The molecule has 3 heterocycles. The van der Waals surface area contributed by atoms with Crippen molar-refractivity contribution < 1.29 is 13.5 Å². The normalized spacial score (nSPS) is 20.6. The van der Waals surface area contributed by atoms with Gasteiger partial charge in [-0.05, 0) is 42.2 Å². The Morgan fingerprint density at radius 2 is 2.07 bits per heavy atom. The number of pyridine rings is 1. The van der Waals surface area contributed by atoms with Crippen LogP contribution >= 0.6 is 0 Å². The average molecular weight is 410 g/mol. The molecule has 1 aromatic carbocycles. The lowest BCUT2D eigenvalue weighted by Crippen LogP contribution is -2.51. The molecule has 1 aliphatic heterocycles. The van der Waals surface area contributed by atoms with E-state index < -0.39 is 5.82 Å². The van der Waals surface area contributed by atoms with Gasteiger partial charge in [-0.3, -0.25) is 14.3 Å². The van der Waals surface area contributed by atoms with E-state index in [-0.39, 0.29) is 34.8 Å². The lowest BCUT2D eigenvalue weighted by atomic mass is 9.84. The van der Waals surface area contributed by atoms with Gasteiger partial charge in [0.25, 0.3) is 5.56 Å². The van der Waals surface area contributed by atoms with E-state index in [0.29, 0.717) is 19.1 Å². The molecule has 2 aromatic heterocycles. The summed E-state index contributed by atoms with van der Waals surface area (Å²) in [5.74, 6) is -0.381. The maximum absolute atomic E-state index is 14.3. The van der Waals surface area contributed by atoms with Crippen LogP contribution in [0.2, 0.25) is 0 Å². The zero-order chi connectivity index (χ0) is 20.8. The number of rotatable bonds is 2. The Bertz CT molecular complexity index is 1180. The van der Waals surface area contributed by atoms with Crippen LogP contribution in [-0.2, 0) is 18.2 Å². The average Bonchev–Trinajstić information content (AvgIpc) is 2.75. The monoisotopic (exact) mass is 410 g/mol. The molecule has 1 saturated heterocycles. The van der Waals surface area contributed by atoms with Crippen molar-refractivity contribution in [1.82, 2.24) is 14.5 Å². The number of aryl methyl sites for hydroxylation is 1. The molecule has 0 unspecified atom stereocenters. The molecule has 30 heavy (non-hydrogen) atoms. The van der Waals surface area contributed by atoms with Crippen molar-refractivity contribution in [2.24, 2.45) is 7.05 Å². The minimum absolute atomic E-state index is 0.0938. The molecule has 0 amide bonds. The molecule has 6 nitrogen and oxygen atoms in total. The van der Waals surface area contributed by atoms with Gasteiger partial charge >= 0.3 is 0 Å². The Labute approximate surface area is 171 Å². The van der Waals surface area contributed by atoms with Gasteiger partial charge in [-0.2, -0.15) is 0 Å². The highest BCUT2D eigenvalue weighted by Gasteiger charge is 2.39. The van der Waals surface area contributed by atoms with E-state index >= 15 is 0 Å². The highest BCUT2D eigenvalue weighted by molar-refractivity contribution is 5.60. The second kappa shape index (κ2) is 7.28. The minimum Gasteiger partial charge on any atom is -0.370 e. The first-order valence-corrected chi connectivity index (χ1v) is 9.87. The third kappa shape index (κ3) is 3.08. The van der Waals surface area contributed by atoms with Gasteiger partial charge in [0, 0.05) is 31.4 Å². The maximum Gasteiger partial charge on any atom is 0.255 e. The number of morpholine rings is 1. The Hall–Kier alpha value is -3.13. The van der Waals surface area contributed by atoms with Crippen LogP contribution in [0.1, 0.15) is 23.7 Å². The van der Waals surface area contributed by atoms with Crippen LogP contribution in [0.4, 0.5) is 14.7 Å². The Kier molecular flexibility index (Phi) is 4.58. The van der Waals surface area contributed by atoms with Gasteiger partial charge in [0.15, 0.2) is 5.82 Å². The number of aromatic nitrogens is 3. The number of benzene rings is 1. The molecule has 0 bridgehead atoms. The third-order valence-corrected chi connectivity index (χ3v) is 5.92. The van der Waals surface area contributed by atoms with Gasteiger partial charge in [0.05, 0.1) is 24.5 Å².